The molecule has 61 heavy (non-hydrogen) atoms. The fourth-order valence-electron chi connectivity index (χ4n) is 6.08. The van der Waals surface area contributed by atoms with E-state index in [1.807, 2.05) is 6.08 Å². The summed E-state index contributed by atoms with van der Waals surface area (Å²) >= 11 is 0. The monoisotopic (exact) mass is 845 g/mol. The van der Waals surface area contributed by atoms with Crippen LogP contribution in [0.4, 0.5) is 0 Å². The smallest absolute Gasteiger partial charge is 0.306 e. The van der Waals surface area contributed by atoms with Crippen molar-refractivity contribution in [3.05, 3.63) is 109 Å². The van der Waals surface area contributed by atoms with Crippen LogP contribution in [0.15, 0.2) is 109 Å². The molecule has 0 bridgehead atoms. The van der Waals surface area contributed by atoms with E-state index in [0.29, 0.717) is 19.3 Å². The molecule has 0 saturated carbocycles. The Kier molecular flexibility index (Phi) is 45.6. The van der Waals surface area contributed by atoms with Gasteiger partial charge in [-0.25, -0.2) is 0 Å². The molecule has 0 fully saturated rings. The van der Waals surface area contributed by atoms with Crippen LogP contribution in [-0.2, 0) is 28.6 Å². The lowest BCUT2D eigenvalue weighted by Gasteiger charge is -2.18. The summed E-state index contributed by atoms with van der Waals surface area (Å²) in [5.74, 6) is -1.06. The number of unbranched alkanes of at least 4 members (excludes halogenated alkanes) is 14. The van der Waals surface area contributed by atoms with Crippen LogP contribution in [0.3, 0.4) is 0 Å². The first-order valence-electron chi connectivity index (χ1n) is 24.4. The molecule has 0 saturated heterocycles. The average Bonchev–Trinajstić information content (AvgIpc) is 3.26. The molecule has 0 aliphatic carbocycles. The Morgan fingerprint density at radius 2 is 0.738 bits per heavy atom. The van der Waals surface area contributed by atoms with E-state index in [2.05, 4.69) is 124 Å². The normalized spacial score (nSPS) is 13.0. The van der Waals surface area contributed by atoms with Crippen LogP contribution in [0.5, 0.6) is 0 Å². The summed E-state index contributed by atoms with van der Waals surface area (Å²) in [5.41, 5.74) is 0. The Hall–Kier alpha value is -3.93. The molecule has 0 aliphatic rings. The molecule has 344 valence electrons. The summed E-state index contributed by atoms with van der Waals surface area (Å²) in [5, 5.41) is 0. The zero-order chi connectivity index (χ0) is 44.4. The van der Waals surface area contributed by atoms with Crippen molar-refractivity contribution in [1.82, 2.24) is 0 Å². The highest BCUT2D eigenvalue weighted by molar-refractivity contribution is 5.71. The van der Waals surface area contributed by atoms with E-state index in [1.54, 1.807) is 0 Å². The second kappa shape index (κ2) is 48.7. The Morgan fingerprint density at radius 3 is 1.21 bits per heavy atom. The fourth-order valence-corrected chi connectivity index (χ4v) is 6.08. The average molecular weight is 845 g/mol. The SMILES string of the molecule is CC/C=C\C/C=C\C/C=C\C/C=C\C/C=C\CCCCCC(=O)OCC(COC(=O)CCCCC/C=C\C=C/CCCC)OC(=O)CC/C=C\C/C=C\CCCCCCCC. The van der Waals surface area contributed by atoms with E-state index >= 15 is 0 Å². The second-order valence-electron chi connectivity index (χ2n) is 15.7. The Labute approximate surface area is 374 Å². The first-order valence-corrected chi connectivity index (χ1v) is 24.4. The number of carbonyl (C=O) groups is 3. The molecule has 1 unspecified atom stereocenters. The van der Waals surface area contributed by atoms with E-state index in [1.165, 1.54) is 51.4 Å². The summed E-state index contributed by atoms with van der Waals surface area (Å²) in [6.07, 6.45) is 65.2. The van der Waals surface area contributed by atoms with Crippen molar-refractivity contribution in [3.8, 4) is 0 Å². The van der Waals surface area contributed by atoms with Gasteiger partial charge in [-0.15, -0.1) is 0 Å². The topological polar surface area (TPSA) is 78.9 Å². The molecule has 0 aliphatic heterocycles. The Bertz CT molecular complexity index is 1290. The standard InChI is InChI=1S/C55H88O6/c1-4-7-10-13-16-19-22-24-25-26-27-28-29-31-33-36-39-42-45-48-54(57)60-51-52(50-59-53(56)47-44-41-38-35-32-21-18-15-12-9-6-3)61-55(58)49-46-43-40-37-34-30-23-20-17-14-11-8-5-2/h7,10,15-16,18-19,21,24-25,27-28,30-34,40,43,52H,4-6,8-9,11-14,17,20,22-23,26,29,35-39,41-42,44-51H2,1-3H3/b10-7-,18-15-,19-16-,25-24-,28-27-,32-21-,33-31-,34-30-,43-40-. The largest absolute Gasteiger partial charge is 0.462 e. The van der Waals surface area contributed by atoms with Gasteiger partial charge in [0.25, 0.3) is 0 Å². The molecule has 6 heteroatoms. The lowest BCUT2D eigenvalue weighted by atomic mass is 10.1. The van der Waals surface area contributed by atoms with Crippen LogP contribution < -0.4 is 0 Å². The van der Waals surface area contributed by atoms with Crippen LogP contribution in [-0.4, -0.2) is 37.2 Å². The van der Waals surface area contributed by atoms with Crippen molar-refractivity contribution >= 4 is 17.9 Å². The van der Waals surface area contributed by atoms with Gasteiger partial charge in [-0.2, -0.15) is 0 Å². The first-order chi connectivity index (χ1) is 30.0. The molecule has 0 heterocycles. The van der Waals surface area contributed by atoms with E-state index < -0.39 is 12.1 Å². The third kappa shape index (κ3) is 47.0. The molecule has 0 radical (unpaired) electrons. The van der Waals surface area contributed by atoms with Crippen molar-refractivity contribution in [2.45, 2.75) is 207 Å². The van der Waals surface area contributed by atoms with Gasteiger partial charge >= 0.3 is 17.9 Å². The van der Waals surface area contributed by atoms with Gasteiger partial charge in [0, 0.05) is 19.3 Å². The van der Waals surface area contributed by atoms with Crippen molar-refractivity contribution in [2.24, 2.45) is 0 Å². The molecule has 0 aromatic rings. The Balaban J connectivity index is 4.53. The summed E-state index contributed by atoms with van der Waals surface area (Å²) in [4.78, 5) is 37.8. The number of hydrogen-bond acceptors (Lipinski definition) is 6. The minimum atomic E-state index is -0.833. The van der Waals surface area contributed by atoms with Crippen LogP contribution in [0.2, 0.25) is 0 Å². The summed E-state index contributed by atoms with van der Waals surface area (Å²) in [6.45, 7) is 6.33. The zero-order valence-corrected chi connectivity index (χ0v) is 39.1. The predicted octanol–water partition coefficient (Wildman–Crippen LogP) is 16.0. The van der Waals surface area contributed by atoms with Gasteiger partial charge in [0.1, 0.15) is 13.2 Å². The van der Waals surface area contributed by atoms with E-state index in [4.69, 9.17) is 14.2 Å². The molecular weight excluding hydrogens is 757 g/mol. The quantitative estimate of drug-likeness (QED) is 0.0200. The highest BCUT2D eigenvalue weighted by atomic mass is 16.6. The fraction of sp³-hybridized carbons (Fsp3) is 0.618. The maximum Gasteiger partial charge on any atom is 0.306 e. The molecule has 0 amide bonds. The lowest BCUT2D eigenvalue weighted by molar-refractivity contribution is -0.166. The van der Waals surface area contributed by atoms with Gasteiger partial charge in [0.15, 0.2) is 6.10 Å². The molecule has 0 N–H and O–H groups in total. The van der Waals surface area contributed by atoms with Gasteiger partial charge in [-0.05, 0) is 103 Å². The van der Waals surface area contributed by atoms with E-state index in [9.17, 15) is 14.4 Å². The number of hydrogen-bond donors (Lipinski definition) is 0. The molecule has 0 aromatic heterocycles. The van der Waals surface area contributed by atoms with Crippen molar-refractivity contribution in [2.75, 3.05) is 13.2 Å². The number of carbonyl (C=O) groups excluding carboxylic acids is 3. The predicted molar refractivity (Wildman–Crippen MR) is 260 cm³/mol. The van der Waals surface area contributed by atoms with Crippen LogP contribution in [0.1, 0.15) is 201 Å². The van der Waals surface area contributed by atoms with Crippen LogP contribution >= 0.6 is 0 Å². The van der Waals surface area contributed by atoms with Crippen molar-refractivity contribution < 1.29 is 28.6 Å². The van der Waals surface area contributed by atoms with Gasteiger partial charge in [-0.1, -0.05) is 188 Å². The molecule has 1 atom stereocenters. The molecule has 0 aromatic carbocycles. The maximum absolute atomic E-state index is 12.7. The molecular formula is C55H88O6. The number of esters is 3. The van der Waals surface area contributed by atoms with Gasteiger partial charge in [-0.3, -0.25) is 14.4 Å². The van der Waals surface area contributed by atoms with Crippen LogP contribution in [0.25, 0.3) is 0 Å². The summed E-state index contributed by atoms with van der Waals surface area (Å²) in [6, 6.07) is 0. The molecule has 0 rings (SSSR count). The number of allylic oxidation sites excluding steroid dienone is 18. The van der Waals surface area contributed by atoms with Gasteiger partial charge in [0.2, 0.25) is 0 Å². The minimum Gasteiger partial charge on any atom is -0.462 e. The third-order valence-corrected chi connectivity index (χ3v) is 9.77. The third-order valence-electron chi connectivity index (χ3n) is 9.77. The minimum absolute atomic E-state index is 0.128. The highest BCUT2D eigenvalue weighted by Crippen LogP contribution is 2.11. The van der Waals surface area contributed by atoms with E-state index in [-0.39, 0.29) is 31.6 Å². The maximum atomic E-state index is 12.7. The Morgan fingerprint density at radius 1 is 0.361 bits per heavy atom. The van der Waals surface area contributed by atoms with Crippen LogP contribution in [0, 0.1) is 0 Å². The van der Waals surface area contributed by atoms with Crippen molar-refractivity contribution in [1.29, 1.82) is 0 Å². The second-order valence-corrected chi connectivity index (χ2v) is 15.7. The first kappa shape index (κ1) is 57.1. The van der Waals surface area contributed by atoms with Gasteiger partial charge in [0.05, 0.1) is 0 Å². The lowest BCUT2D eigenvalue weighted by Crippen LogP contribution is -2.30. The van der Waals surface area contributed by atoms with E-state index in [0.717, 1.165) is 103 Å². The number of ether oxygens (including phenoxy) is 3. The molecule has 0 spiro atoms. The van der Waals surface area contributed by atoms with Crippen molar-refractivity contribution in [3.63, 3.8) is 0 Å². The summed E-state index contributed by atoms with van der Waals surface area (Å²) < 4.78 is 16.6. The highest BCUT2D eigenvalue weighted by Gasteiger charge is 2.19. The summed E-state index contributed by atoms with van der Waals surface area (Å²) in [7, 11) is 0. The number of rotatable bonds is 42. The zero-order valence-electron chi connectivity index (χ0n) is 39.1. The van der Waals surface area contributed by atoms with Gasteiger partial charge < -0.3 is 14.2 Å². The molecule has 6 nitrogen and oxygen atoms in total.